The van der Waals surface area contributed by atoms with Crippen molar-refractivity contribution in [2.24, 2.45) is 5.92 Å². The fourth-order valence-electron chi connectivity index (χ4n) is 2.81. The molecule has 1 aliphatic rings. The first-order valence-corrected chi connectivity index (χ1v) is 9.87. The number of thiophene rings is 1. The predicted molar refractivity (Wildman–Crippen MR) is 98.4 cm³/mol. The number of amides is 2. The summed E-state index contributed by atoms with van der Waals surface area (Å²) in [4.78, 5) is 32.5. The Balaban J connectivity index is 1.58. The highest BCUT2D eigenvalue weighted by molar-refractivity contribution is 7.17. The molecule has 2 aromatic heterocycles. The molecule has 2 aromatic rings. The first-order valence-electron chi connectivity index (χ1n) is 8.17. The fourth-order valence-corrected chi connectivity index (χ4v) is 4.51. The van der Waals surface area contributed by atoms with Gasteiger partial charge in [-0.05, 0) is 31.4 Å². The molecule has 3 rings (SSSR count). The molecule has 24 heavy (non-hydrogen) atoms. The number of likely N-dealkylation sites (tertiary alicyclic amines) is 1. The average Bonchev–Trinajstić information content (AvgIpc) is 3.23. The van der Waals surface area contributed by atoms with Crippen molar-refractivity contribution in [3.8, 4) is 10.6 Å². The van der Waals surface area contributed by atoms with E-state index in [1.807, 2.05) is 5.38 Å². The van der Waals surface area contributed by atoms with E-state index in [1.54, 1.807) is 23.2 Å². The van der Waals surface area contributed by atoms with Crippen molar-refractivity contribution in [1.82, 2.24) is 9.88 Å². The zero-order valence-corrected chi connectivity index (χ0v) is 15.5. The van der Waals surface area contributed by atoms with E-state index in [0.29, 0.717) is 31.1 Å². The van der Waals surface area contributed by atoms with Crippen molar-refractivity contribution < 1.29 is 9.59 Å². The maximum Gasteiger partial charge on any atom is 0.229 e. The normalized spacial score (nSPS) is 15.5. The molecule has 0 saturated carbocycles. The summed E-state index contributed by atoms with van der Waals surface area (Å²) in [6.07, 6.45) is 2.46. The summed E-state index contributed by atoms with van der Waals surface area (Å²) in [5.41, 5.74) is 0.923. The molecule has 1 fully saturated rings. The number of nitrogens with zero attached hydrogens (tertiary/aromatic N) is 2. The summed E-state index contributed by atoms with van der Waals surface area (Å²) in [5.74, 6) is 0.0572. The molecule has 128 valence electrons. The van der Waals surface area contributed by atoms with Crippen LogP contribution in [-0.2, 0) is 16.0 Å². The third-order valence-corrected chi connectivity index (χ3v) is 6.32. The molecule has 0 spiro atoms. The Morgan fingerprint density at radius 3 is 2.71 bits per heavy atom. The number of anilines is 1. The van der Waals surface area contributed by atoms with Crippen LogP contribution in [0.5, 0.6) is 0 Å². The number of nitrogens with one attached hydrogen (secondary N) is 1. The fraction of sp³-hybridized carbons (Fsp3) is 0.471. The van der Waals surface area contributed by atoms with Crippen molar-refractivity contribution >= 4 is 39.6 Å². The van der Waals surface area contributed by atoms with Crippen LogP contribution in [0, 0.1) is 5.92 Å². The number of piperidine rings is 1. The molecule has 2 amide bonds. The van der Waals surface area contributed by atoms with Gasteiger partial charge in [-0.3, -0.25) is 9.59 Å². The van der Waals surface area contributed by atoms with E-state index >= 15 is 0 Å². The number of carbonyl (C=O) groups excluding carboxylic acids is 2. The van der Waals surface area contributed by atoms with Crippen molar-refractivity contribution in [2.75, 3.05) is 18.4 Å². The Morgan fingerprint density at radius 1 is 1.33 bits per heavy atom. The van der Waals surface area contributed by atoms with Crippen molar-refractivity contribution in [1.29, 1.82) is 0 Å². The van der Waals surface area contributed by atoms with Crippen LogP contribution >= 0.6 is 22.7 Å². The molecule has 0 aliphatic carbocycles. The van der Waals surface area contributed by atoms with Crippen molar-refractivity contribution in [3.05, 3.63) is 22.4 Å². The summed E-state index contributed by atoms with van der Waals surface area (Å²) in [5, 5.41) is 5.57. The quantitative estimate of drug-likeness (QED) is 0.902. The summed E-state index contributed by atoms with van der Waals surface area (Å²) >= 11 is 3.20. The SMILES string of the molecule is CCc1ccc(-c2csc(NC(=O)C3CCN(C(C)=O)CC3)n2)s1. The molecule has 1 aliphatic heterocycles. The Bertz CT molecular complexity index is 730. The minimum absolute atomic E-state index is 0.0135. The van der Waals surface area contributed by atoms with Crippen molar-refractivity contribution in [3.63, 3.8) is 0 Å². The predicted octanol–water partition coefficient (Wildman–Crippen LogP) is 3.63. The van der Waals surface area contributed by atoms with E-state index in [2.05, 4.69) is 29.4 Å². The lowest BCUT2D eigenvalue weighted by atomic mass is 9.96. The average molecular weight is 364 g/mol. The maximum atomic E-state index is 12.4. The van der Waals surface area contributed by atoms with Gasteiger partial charge in [0, 0.05) is 36.2 Å². The standard InChI is InChI=1S/C17H21N3O2S2/c1-3-13-4-5-15(24-13)14-10-23-17(18-14)19-16(22)12-6-8-20(9-7-12)11(2)21/h4-5,10,12H,3,6-9H2,1-2H3,(H,18,19,22). The Morgan fingerprint density at radius 2 is 2.08 bits per heavy atom. The van der Waals surface area contributed by atoms with E-state index in [4.69, 9.17) is 0 Å². The summed E-state index contributed by atoms with van der Waals surface area (Å²) in [6, 6.07) is 4.21. The lowest BCUT2D eigenvalue weighted by Crippen LogP contribution is -2.40. The monoisotopic (exact) mass is 363 g/mol. The van der Waals surface area contributed by atoms with Gasteiger partial charge >= 0.3 is 0 Å². The molecule has 0 radical (unpaired) electrons. The number of hydrogen-bond acceptors (Lipinski definition) is 5. The van der Waals surface area contributed by atoms with Crippen molar-refractivity contribution in [2.45, 2.75) is 33.1 Å². The van der Waals surface area contributed by atoms with E-state index in [1.165, 1.54) is 16.2 Å². The number of thiazole rings is 1. The second kappa shape index (κ2) is 7.44. The number of aryl methyl sites for hydroxylation is 1. The molecular weight excluding hydrogens is 342 g/mol. The van der Waals surface area contributed by atoms with Crippen LogP contribution < -0.4 is 5.32 Å². The van der Waals surface area contributed by atoms with Gasteiger partial charge in [-0.15, -0.1) is 22.7 Å². The highest BCUT2D eigenvalue weighted by atomic mass is 32.1. The van der Waals surface area contributed by atoms with Crippen LogP contribution in [0.1, 0.15) is 31.6 Å². The zero-order valence-electron chi connectivity index (χ0n) is 13.9. The Labute approximate surface area is 149 Å². The third kappa shape index (κ3) is 3.84. The molecule has 5 nitrogen and oxygen atoms in total. The van der Waals surface area contributed by atoms with Gasteiger partial charge in [-0.1, -0.05) is 6.92 Å². The van der Waals surface area contributed by atoms with Gasteiger partial charge < -0.3 is 10.2 Å². The minimum Gasteiger partial charge on any atom is -0.343 e. The van der Waals surface area contributed by atoms with Gasteiger partial charge in [0.1, 0.15) is 0 Å². The van der Waals surface area contributed by atoms with Gasteiger partial charge in [0.05, 0.1) is 10.6 Å². The highest BCUT2D eigenvalue weighted by Crippen LogP contribution is 2.31. The van der Waals surface area contributed by atoms with Crippen LogP contribution in [0.3, 0.4) is 0 Å². The molecule has 7 heteroatoms. The van der Waals surface area contributed by atoms with Crippen LogP contribution in [0.25, 0.3) is 10.6 Å². The largest absolute Gasteiger partial charge is 0.343 e. The molecular formula is C17H21N3O2S2. The summed E-state index contributed by atoms with van der Waals surface area (Å²) < 4.78 is 0. The smallest absolute Gasteiger partial charge is 0.229 e. The summed E-state index contributed by atoms with van der Waals surface area (Å²) in [6.45, 7) is 5.03. The molecule has 0 aromatic carbocycles. The second-order valence-corrected chi connectivity index (χ2v) is 7.95. The van der Waals surface area contributed by atoms with E-state index in [9.17, 15) is 9.59 Å². The van der Waals surface area contributed by atoms with E-state index in [0.717, 1.165) is 17.0 Å². The molecule has 1 N–H and O–H groups in total. The molecule has 0 bridgehead atoms. The first kappa shape index (κ1) is 17.1. The molecule has 0 unspecified atom stereocenters. The maximum absolute atomic E-state index is 12.4. The van der Waals surface area contributed by atoms with Crippen LogP contribution in [0.15, 0.2) is 17.5 Å². The summed E-state index contributed by atoms with van der Waals surface area (Å²) in [7, 11) is 0. The number of carbonyl (C=O) groups is 2. The van der Waals surface area contributed by atoms with E-state index < -0.39 is 0 Å². The highest BCUT2D eigenvalue weighted by Gasteiger charge is 2.26. The minimum atomic E-state index is -0.0404. The molecule has 3 heterocycles. The van der Waals surface area contributed by atoms with E-state index in [-0.39, 0.29) is 17.7 Å². The zero-order chi connectivity index (χ0) is 17.1. The first-order chi connectivity index (χ1) is 11.6. The van der Waals surface area contributed by atoms with Crippen LogP contribution in [-0.4, -0.2) is 34.8 Å². The topological polar surface area (TPSA) is 62.3 Å². The lowest BCUT2D eigenvalue weighted by Gasteiger charge is -2.30. The number of aromatic nitrogens is 1. The number of rotatable bonds is 4. The third-order valence-electron chi connectivity index (χ3n) is 4.31. The van der Waals surface area contributed by atoms with Gasteiger partial charge in [-0.25, -0.2) is 4.98 Å². The van der Waals surface area contributed by atoms with Gasteiger partial charge in [-0.2, -0.15) is 0 Å². The molecule has 0 atom stereocenters. The Hall–Kier alpha value is -1.73. The van der Waals surface area contributed by atoms with Gasteiger partial charge in [0.15, 0.2) is 5.13 Å². The van der Waals surface area contributed by atoms with Crippen LogP contribution in [0.4, 0.5) is 5.13 Å². The Kier molecular flexibility index (Phi) is 5.30. The van der Waals surface area contributed by atoms with Gasteiger partial charge in [0.2, 0.25) is 11.8 Å². The second-order valence-electron chi connectivity index (χ2n) is 5.93. The van der Waals surface area contributed by atoms with Crippen LogP contribution in [0.2, 0.25) is 0 Å². The molecule has 1 saturated heterocycles. The lowest BCUT2D eigenvalue weighted by molar-refractivity contribution is -0.132. The number of hydrogen-bond donors (Lipinski definition) is 1. The van der Waals surface area contributed by atoms with Gasteiger partial charge in [0.25, 0.3) is 0 Å².